The zero-order valence-corrected chi connectivity index (χ0v) is 8.15. The number of halogens is 3. The van der Waals surface area contributed by atoms with E-state index in [-0.39, 0.29) is 5.57 Å². The molecule has 0 aliphatic rings. The number of carboxylic acids is 1. The molecule has 0 fully saturated rings. The van der Waals surface area contributed by atoms with Crippen LogP contribution in [0, 0.1) is 0 Å². The molecule has 1 N–H and O–H groups in total. The maximum Gasteiger partial charge on any atom is 0.347 e. The van der Waals surface area contributed by atoms with Crippen molar-refractivity contribution < 1.29 is 14.7 Å². The molecular formula is C5H3BrCl2O3. The summed E-state index contributed by atoms with van der Waals surface area (Å²) < 4.78 is -0.872. The SMILES string of the molecule is O=C/C(=C(\Cl)C(=O)O)C(Cl)Br. The molecule has 0 aromatic heterocycles. The molecule has 0 saturated carbocycles. The second-order valence-corrected chi connectivity index (χ2v) is 3.75. The first-order valence-electron chi connectivity index (χ1n) is 2.37. The van der Waals surface area contributed by atoms with Crippen molar-refractivity contribution in [2.24, 2.45) is 0 Å². The smallest absolute Gasteiger partial charge is 0.347 e. The molecule has 1 unspecified atom stereocenters. The van der Waals surface area contributed by atoms with Gasteiger partial charge in [0.05, 0.1) is 0 Å². The van der Waals surface area contributed by atoms with E-state index in [0.29, 0.717) is 6.29 Å². The minimum absolute atomic E-state index is 0.194. The molecule has 0 aromatic carbocycles. The van der Waals surface area contributed by atoms with Gasteiger partial charge in [0.2, 0.25) is 0 Å². The van der Waals surface area contributed by atoms with Crippen LogP contribution in [0.2, 0.25) is 0 Å². The van der Waals surface area contributed by atoms with Crippen LogP contribution in [0.1, 0.15) is 0 Å². The van der Waals surface area contributed by atoms with Crippen molar-refractivity contribution >= 4 is 51.4 Å². The van der Waals surface area contributed by atoms with E-state index in [1.807, 2.05) is 0 Å². The molecule has 0 radical (unpaired) electrons. The summed E-state index contributed by atoms with van der Waals surface area (Å²) in [5.74, 6) is -1.38. The fourth-order valence-electron chi connectivity index (χ4n) is 0.322. The predicted molar refractivity (Wildman–Crippen MR) is 45.1 cm³/mol. The van der Waals surface area contributed by atoms with Gasteiger partial charge >= 0.3 is 5.97 Å². The maximum absolute atomic E-state index is 10.2. The van der Waals surface area contributed by atoms with E-state index in [4.69, 9.17) is 28.3 Å². The number of carbonyl (C=O) groups is 2. The van der Waals surface area contributed by atoms with Crippen LogP contribution in [0.15, 0.2) is 10.6 Å². The van der Waals surface area contributed by atoms with Crippen LogP contribution in [-0.4, -0.2) is 21.6 Å². The van der Waals surface area contributed by atoms with Crippen LogP contribution in [0.3, 0.4) is 0 Å². The first kappa shape index (κ1) is 10.9. The third-order valence-electron chi connectivity index (χ3n) is 0.803. The molecular weight excluding hydrogens is 259 g/mol. The topological polar surface area (TPSA) is 54.4 Å². The number of rotatable bonds is 3. The number of hydrogen-bond donors (Lipinski definition) is 1. The fraction of sp³-hybridized carbons (Fsp3) is 0.200. The number of alkyl halides is 2. The average Bonchev–Trinajstić information content (AvgIpc) is 1.88. The maximum atomic E-state index is 10.2. The van der Waals surface area contributed by atoms with E-state index in [2.05, 4.69) is 15.9 Å². The zero-order chi connectivity index (χ0) is 9.02. The molecule has 1 atom stereocenters. The van der Waals surface area contributed by atoms with Gasteiger partial charge in [0, 0.05) is 5.57 Å². The second kappa shape index (κ2) is 4.74. The molecule has 0 aliphatic carbocycles. The van der Waals surface area contributed by atoms with Gasteiger partial charge in [-0.25, -0.2) is 4.79 Å². The number of aliphatic carboxylic acids is 1. The van der Waals surface area contributed by atoms with Crippen LogP contribution in [-0.2, 0) is 9.59 Å². The lowest BCUT2D eigenvalue weighted by atomic mass is 10.3. The first-order chi connectivity index (χ1) is 5.00. The summed E-state index contributed by atoms with van der Waals surface area (Å²) in [5.41, 5.74) is -0.194. The van der Waals surface area contributed by atoms with E-state index in [0.717, 1.165) is 0 Å². The summed E-state index contributed by atoms with van der Waals surface area (Å²) in [6, 6.07) is 0. The molecule has 6 heteroatoms. The molecule has 3 nitrogen and oxygen atoms in total. The first-order valence-corrected chi connectivity index (χ1v) is 4.10. The summed E-state index contributed by atoms with van der Waals surface area (Å²) in [4.78, 5) is 20.3. The van der Waals surface area contributed by atoms with Crippen molar-refractivity contribution in [3.8, 4) is 0 Å². The highest BCUT2D eigenvalue weighted by atomic mass is 79.9. The fourth-order valence-corrected chi connectivity index (χ4v) is 1.16. The van der Waals surface area contributed by atoms with Crippen LogP contribution in [0.5, 0.6) is 0 Å². The van der Waals surface area contributed by atoms with Crippen LogP contribution >= 0.6 is 39.1 Å². The highest BCUT2D eigenvalue weighted by Crippen LogP contribution is 2.20. The Bertz CT molecular complexity index is 212. The second-order valence-electron chi connectivity index (χ2n) is 1.49. The van der Waals surface area contributed by atoms with Gasteiger partial charge in [0.1, 0.15) is 15.6 Å². The summed E-state index contributed by atoms with van der Waals surface area (Å²) in [6.07, 6.45) is 0.295. The third-order valence-corrected chi connectivity index (χ3v) is 1.91. The minimum Gasteiger partial charge on any atom is -0.477 e. The number of hydrogen-bond acceptors (Lipinski definition) is 2. The van der Waals surface area contributed by atoms with Gasteiger partial charge in [0.25, 0.3) is 0 Å². The van der Waals surface area contributed by atoms with Gasteiger partial charge in [-0.3, -0.25) is 4.79 Å². The quantitative estimate of drug-likeness (QED) is 0.478. The highest BCUT2D eigenvalue weighted by molar-refractivity contribution is 9.10. The van der Waals surface area contributed by atoms with E-state index in [1.54, 1.807) is 0 Å². The number of allylic oxidation sites excluding steroid dienone is 1. The molecule has 11 heavy (non-hydrogen) atoms. The van der Waals surface area contributed by atoms with Gasteiger partial charge in [-0.1, -0.05) is 27.5 Å². The molecule has 0 saturated heterocycles. The molecule has 0 aliphatic heterocycles. The average molecular weight is 262 g/mol. The van der Waals surface area contributed by atoms with E-state index < -0.39 is 15.3 Å². The Morgan fingerprint density at radius 1 is 1.64 bits per heavy atom. The molecule has 0 bridgehead atoms. The van der Waals surface area contributed by atoms with E-state index in [9.17, 15) is 9.59 Å². The Balaban J connectivity index is 4.83. The van der Waals surface area contributed by atoms with Crippen molar-refractivity contribution in [1.29, 1.82) is 0 Å². The van der Waals surface area contributed by atoms with E-state index >= 15 is 0 Å². The Labute approximate surface area is 81.1 Å². The summed E-state index contributed by atoms with van der Waals surface area (Å²) in [7, 11) is 0. The largest absolute Gasteiger partial charge is 0.477 e. The Hall–Kier alpha value is -0.0600. The molecule has 0 aromatic rings. The van der Waals surface area contributed by atoms with Crippen LogP contribution < -0.4 is 0 Å². The summed E-state index contributed by atoms with van der Waals surface area (Å²) in [5, 5.41) is 7.73. The molecule has 0 spiro atoms. The third kappa shape index (κ3) is 3.22. The molecule has 0 amide bonds. The van der Waals surface area contributed by atoms with Crippen LogP contribution in [0.25, 0.3) is 0 Å². The predicted octanol–water partition coefficient (Wildman–Crippen LogP) is 1.72. The Morgan fingerprint density at radius 3 is 2.18 bits per heavy atom. The number of carbonyl (C=O) groups excluding carboxylic acids is 1. The van der Waals surface area contributed by atoms with E-state index in [1.165, 1.54) is 0 Å². The normalized spacial score (nSPS) is 15.2. The number of carboxylic acid groups (broad SMARTS) is 1. The Kier molecular flexibility index (Phi) is 4.72. The molecule has 62 valence electrons. The van der Waals surface area contributed by atoms with Crippen molar-refractivity contribution in [3.05, 3.63) is 10.6 Å². The summed E-state index contributed by atoms with van der Waals surface area (Å²) >= 11 is 13.4. The Morgan fingerprint density at radius 2 is 2.09 bits per heavy atom. The van der Waals surface area contributed by atoms with Crippen molar-refractivity contribution in [1.82, 2.24) is 0 Å². The lowest BCUT2D eigenvalue weighted by Gasteiger charge is -1.99. The number of aldehydes is 1. The summed E-state index contributed by atoms with van der Waals surface area (Å²) in [6.45, 7) is 0. The zero-order valence-electron chi connectivity index (χ0n) is 5.05. The minimum atomic E-state index is -1.38. The van der Waals surface area contributed by atoms with Gasteiger partial charge in [0.15, 0.2) is 0 Å². The highest BCUT2D eigenvalue weighted by Gasteiger charge is 2.16. The lowest BCUT2D eigenvalue weighted by Crippen LogP contribution is -2.05. The van der Waals surface area contributed by atoms with Crippen molar-refractivity contribution in [2.45, 2.75) is 4.29 Å². The standard InChI is InChI=1S/C5H3BrCl2O3/c6-4(8)2(1-9)3(7)5(10)11/h1,4H,(H,10,11)/b3-2+. The van der Waals surface area contributed by atoms with Gasteiger partial charge in [-0.15, -0.1) is 11.6 Å². The van der Waals surface area contributed by atoms with Gasteiger partial charge < -0.3 is 5.11 Å². The van der Waals surface area contributed by atoms with Crippen molar-refractivity contribution in [3.63, 3.8) is 0 Å². The van der Waals surface area contributed by atoms with Crippen molar-refractivity contribution in [2.75, 3.05) is 0 Å². The van der Waals surface area contributed by atoms with Gasteiger partial charge in [-0.05, 0) is 0 Å². The molecule has 0 heterocycles. The lowest BCUT2D eigenvalue weighted by molar-refractivity contribution is -0.132. The monoisotopic (exact) mass is 260 g/mol. The molecule has 0 rings (SSSR count). The van der Waals surface area contributed by atoms with Gasteiger partial charge in [-0.2, -0.15) is 0 Å². The van der Waals surface area contributed by atoms with Crippen LogP contribution in [0.4, 0.5) is 0 Å².